The molecule has 9 rings (SSSR count). The lowest BCUT2D eigenvalue weighted by Gasteiger charge is -2.26. The number of nitrogens with zero attached hydrogens (tertiary/aromatic N) is 2. The number of benzene rings is 7. The fourth-order valence-corrected chi connectivity index (χ4v) is 7.33. The first-order valence-electron chi connectivity index (χ1n) is 15.7. The number of thiazole rings is 1. The van der Waals surface area contributed by atoms with E-state index in [4.69, 9.17) is 9.40 Å². The number of rotatable bonds is 6. The van der Waals surface area contributed by atoms with Crippen molar-refractivity contribution in [2.75, 3.05) is 4.90 Å². The molecule has 0 aliphatic rings. The highest BCUT2D eigenvalue weighted by atomic mass is 32.1. The molecular weight excluding hydrogens is 593 g/mol. The molecule has 7 aromatic carbocycles. The van der Waals surface area contributed by atoms with E-state index >= 15 is 0 Å². The zero-order valence-corrected chi connectivity index (χ0v) is 26.2. The van der Waals surface area contributed by atoms with Crippen LogP contribution in [0.4, 0.5) is 17.1 Å². The number of hydrogen-bond acceptors (Lipinski definition) is 4. The maximum atomic E-state index is 6.31. The second-order valence-corrected chi connectivity index (χ2v) is 12.7. The molecule has 222 valence electrons. The van der Waals surface area contributed by atoms with Crippen LogP contribution in [0.15, 0.2) is 174 Å². The Kier molecular flexibility index (Phi) is 6.65. The van der Waals surface area contributed by atoms with E-state index in [0.717, 1.165) is 70.9 Å². The van der Waals surface area contributed by atoms with Gasteiger partial charge in [0.25, 0.3) is 0 Å². The van der Waals surface area contributed by atoms with Gasteiger partial charge in [-0.25, -0.2) is 4.98 Å². The van der Waals surface area contributed by atoms with Crippen LogP contribution in [0.25, 0.3) is 65.0 Å². The van der Waals surface area contributed by atoms with E-state index in [1.807, 2.05) is 6.07 Å². The summed E-state index contributed by atoms with van der Waals surface area (Å²) in [5.74, 6) is 0. The lowest BCUT2D eigenvalue weighted by atomic mass is 10.0. The van der Waals surface area contributed by atoms with Crippen molar-refractivity contribution < 1.29 is 4.42 Å². The Morgan fingerprint density at radius 1 is 0.426 bits per heavy atom. The zero-order valence-electron chi connectivity index (χ0n) is 25.4. The van der Waals surface area contributed by atoms with Crippen molar-refractivity contribution >= 4 is 60.6 Å². The van der Waals surface area contributed by atoms with Crippen LogP contribution in [0.3, 0.4) is 0 Å². The van der Waals surface area contributed by atoms with Gasteiger partial charge in [0.15, 0.2) is 0 Å². The number of anilines is 3. The lowest BCUT2D eigenvalue weighted by molar-refractivity contribution is 0.669. The molecule has 9 aromatic rings. The second kappa shape index (κ2) is 11.4. The van der Waals surface area contributed by atoms with Crippen molar-refractivity contribution in [1.82, 2.24) is 4.98 Å². The van der Waals surface area contributed by atoms with Crippen LogP contribution in [0.1, 0.15) is 0 Å². The van der Waals surface area contributed by atoms with Crippen molar-refractivity contribution in [3.8, 4) is 32.8 Å². The van der Waals surface area contributed by atoms with Gasteiger partial charge in [0.05, 0.1) is 10.2 Å². The highest BCUT2D eigenvalue weighted by Crippen LogP contribution is 2.40. The summed E-state index contributed by atoms with van der Waals surface area (Å²) in [4.78, 5) is 7.21. The van der Waals surface area contributed by atoms with E-state index in [0.29, 0.717) is 0 Å². The molecule has 0 atom stereocenters. The van der Waals surface area contributed by atoms with E-state index in [9.17, 15) is 0 Å². The maximum Gasteiger partial charge on any atom is 0.137 e. The Balaban J connectivity index is 1.07. The summed E-state index contributed by atoms with van der Waals surface area (Å²) in [6.45, 7) is 0. The molecule has 0 bridgehead atoms. The van der Waals surface area contributed by atoms with E-state index in [1.54, 1.807) is 11.3 Å². The van der Waals surface area contributed by atoms with Crippen LogP contribution in [-0.2, 0) is 0 Å². The van der Waals surface area contributed by atoms with E-state index < -0.39 is 0 Å². The first kappa shape index (κ1) is 27.3. The van der Waals surface area contributed by atoms with Crippen LogP contribution < -0.4 is 4.90 Å². The summed E-state index contributed by atoms with van der Waals surface area (Å²) in [5.41, 5.74) is 11.9. The summed E-state index contributed by atoms with van der Waals surface area (Å²) >= 11 is 1.72. The fourth-order valence-electron chi connectivity index (χ4n) is 6.34. The predicted octanol–water partition coefficient (Wildman–Crippen LogP) is 12.7. The highest BCUT2D eigenvalue weighted by molar-refractivity contribution is 7.21. The predicted molar refractivity (Wildman–Crippen MR) is 198 cm³/mol. The molecule has 3 nitrogen and oxygen atoms in total. The van der Waals surface area contributed by atoms with Gasteiger partial charge in [-0.1, -0.05) is 109 Å². The summed E-state index contributed by atoms with van der Waals surface area (Å²) < 4.78 is 7.47. The largest absolute Gasteiger partial charge is 0.456 e. The Morgan fingerprint density at radius 2 is 0.936 bits per heavy atom. The average Bonchev–Trinajstić information content (AvgIpc) is 3.73. The number of hydrogen-bond donors (Lipinski definition) is 0. The first-order valence-corrected chi connectivity index (χ1v) is 16.5. The lowest BCUT2D eigenvalue weighted by Crippen LogP contribution is -2.09. The third-order valence-corrected chi connectivity index (χ3v) is 9.77. The van der Waals surface area contributed by atoms with Gasteiger partial charge in [0.1, 0.15) is 16.2 Å². The van der Waals surface area contributed by atoms with Crippen molar-refractivity contribution in [2.45, 2.75) is 0 Å². The quantitative estimate of drug-likeness (QED) is 0.185. The molecule has 0 radical (unpaired) electrons. The number of aromatic nitrogens is 1. The second-order valence-electron chi connectivity index (χ2n) is 11.6. The van der Waals surface area contributed by atoms with Crippen LogP contribution in [0.5, 0.6) is 0 Å². The van der Waals surface area contributed by atoms with Gasteiger partial charge >= 0.3 is 0 Å². The van der Waals surface area contributed by atoms with Crippen LogP contribution in [0, 0.1) is 0 Å². The molecule has 0 aliphatic carbocycles. The number of furan rings is 1. The van der Waals surface area contributed by atoms with Gasteiger partial charge in [0.2, 0.25) is 0 Å². The molecule has 0 N–H and O–H groups in total. The Bertz CT molecular complexity index is 2480. The maximum absolute atomic E-state index is 6.31. The summed E-state index contributed by atoms with van der Waals surface area (Å²) in [5, 5.41) is 3.25. The van der Waals surface area contributed by atoms with Crippen LogP contribution >= 0.6 is 11.3 Å². The molecule has 0 amide bonds. The summed E-state index contributed by atoms with van der Waals surface area (Å²) in [6, 6.07) is 59.8. The van der Waals surface area contributed by atoms with Crippen LogP contribution in [-0.4, -0.2) is 4.98 Å². The van der Waals surface area contributed by atoms with Gasteiger partial charge in [0, 0.05) is 39.5 Å². The first-order chi connectivity index (χ1) is 23.3. The van der Waals surface area contributed by atoms with Gasteiger partial charge in [-0.05, 0) is 76.9 Å². The summed E-state index contributed by atoms with van der Waals surface area (Å²) in [6.07, 6.45) is 0. The SMILES string of the molecule is c1ccc(-c2ccc(N(c3ccccc3)c3ccc(-c4ccc5oc6cc7nc(-c8ccccc8)sc7cc6c5c4)cc3)cc2)cc1. The smallest absolute Gasteiger partial charge is 0.137 e. The average molecular weight is 621 g/mol. The number of para-hydroxylation sites is 1. The number of fused-ring (bicyclic) bond motifs is 4. The minimum absolute atomic E-state index is 0.863. The van der Waals surface area contributed by atoms with E-state index in [2.05, 4.69) is 169 Å². The topological polar surface area (TPSA) is 29.3 Å². The molecule has 0 aliphatic heterocycles. The van der Waals surface area contributed by atoms with Crippen molar-refractivity contribution in [3.63, 3.8) is 0 Å². The highest BCUT2D eigenvalue weighted by Gasteiger charge is 2.15. The fraction of sp³-hybridized carbons (Fsp3) is 0. The zero-order chi connectivity index (χ0) is 31.2. The van der Waals surface area contributed by atoms with Gasteiger partial charge in [-0.2, -0.15) is 0 Å². The molecule has 2 aromatic heterocycles. The monoisotopic (exact) mass is 620 g/mol. The van der Waals surface area contributed by atoms with E-state index in [-0.39, 0.29) is 0 Å². The molecule has 4 heteroatoms. The van der Waals surface area contributed by atoms with Crippen LogP contribution in [0.2, 0.25) is 0 Å². The third-order valence-electron chi connectivity index (χ3n) is 8.71. The van der Waals surface area contributed by atoms with Gasteiger partial charge in [-0.3, -0.25) is 0 Å². The molecule has 0 spiro atoms. The van der Waals surface area contributed by atoms with Gasteiger partial charge < -0.3 is 9.32 Å². The molecule has 0 saturated carbocycles. The molecule has 0 unspecified atom stereocenters. The minimum atomic E-state index is 0.863. The molecule has 0 fully saturated rings. The Hall–Kier alpha value is -5.97. The minimum Gasteiger partial charge on any atom is -0.456 e. The standard InChI is InChI=1S/C43H28N2OS/c1-4-10-29(11-5-1)30-16-21-35(22-17-30)45(34-14-8-3-9-15-34)36-23-18-31(19-24-36)33-20-25-40-37(26-33)38-27-42-39(28-41(38)46-40)44-43(47-42)32-12-6-2-7-13-32/h1-28H. The Morgan fingerprint density at radius 3 is 1.60 bits per heavy atom. The summed E-state index contributed by atoms with van der Waals surface area (Å²) in [7, 11) is 0. The third kappa shape index (κ3) is 5.05. The van der Waals surface area contributed by atoms with Crippen molar-refractivity contribution in [2.24, 2.45) is 0 Å². The molecule has 47 heavy (non-hydrogen) atoms. The van der Waals surface area contributed by atoms with Crippen molar-refractivity contribution in [3.05, 3.63) is 170 Å². The van der Waals surface area contributed by atoms with Gasteiger partial charge in [-0.15, -0.1) is 11.3 Å². The van der Waals surface area contributed by atoms with E-state index in [1.165, 1.54) is 11.1 Å². The molecule has 0 saturated heterocycles. The molecular formula is C43H28N2OS. The van der Waals surface area contributed by atoms with Crippen molar-refractivity contribution in [1.29, 1.82) is 0 Å². The normalized spacial score (nSPS) is 11.4. The molecule has 2 heterocycles. The Labute approximate surface area is 276 Å².